The standard InChI is InChI=1S/C14H9F3N2O3/c1-6-11(9-5-10(13(20)21)22-19-9)7-3-2-4-8(12(7)18-6)14(15,16)17/h2-5,18H,1H3,(H,20,21). The van der Waals surface area contributed by atoms with E-state index < -0.39 is 17.7 Å². The zero-order chi connectivity index (χ0) is 16.1. The Morgan fingerprint density at radius 3 is 2.68 bits per heavy atom. The van der Waals surface area contributed by atoms with Crippen LogP contribution in [-0.4, -0.2) is 21.2 Å². The first kappa shape index (κ1) is 14.2. The van der Waals surface area contributed by atoms with Gasteiger partial charge in [-0.2, -0.15) is 13.2 Å². The summed E-state index contributed by atoms with van der Waals surface area (Å²) in [7, 11) is 0. The summed E-state index contributed by atoms with van der Waals surface area (Å²) in [6, 6.07) is 4.96. The third-order valence-electron chi connectivity index (χ3n) is 3.30. The van der Waals surface area contributed by atoms with Gasteiger partial charge >= 0.3 is 12.1 Å². The molecule has 114 valence electrons. The highest BCUT2D eigenvalue weighted by atomic mass is 19.4. The highest BCUT2D eigenvalue weighted by Crippen LogP contribution is 2.39. The summed E-state index contributed by atoms with van der Waals surface area (Å²) in [6.45, 7) is 1.59. The molecule has 0 amide bonds. The minimum Gasteiger partial charge on any atom is -0.475 e. The number of benzene rings is 1. The summed E-state index contributed by atoms with van der Waals surface area (Å²) in [4.78, 5) is 13.5. The molecule has 0 bridgehead atoms. The van der Waals surface area contributed by atoms with E-state index >= 15 is 0 Å². The fourth-order valence-electron chi connectivity index (χ4n) is 2.41. The molecule has 22 heavy (non-hydrogen) atoms. The molecule has 0 aliphatic rings. The lowest BCUT2D eigenvalue weighted by atomic mass is 10.0. The molecule has 0 saturated heterocycles. The Morgan fingerprint density at radius 2 is 2.09 bits per heavy atom. The van der Waals surface area contributed by atoms with Gasteiger partial charge in [0.1, 0.15) is 5.69 Å². The number of hydrogen-bond acceptors (Lipinski definition) is 3. The summed E-state index contributed by atoms with van der Waals surface area (Å²) in [5, 5.41) is 12.8. The van der Waals surface area contributed by atoms with Crippen LogP contribution in [0.25, 0.3) is 22.2 Å². The summed E-state index contributed by atoms with van der Waals surface area (Å²) in [5.41, 5.74) is 0.137. The van der Waals surface area contributed by atoms with Gasteiger partial charge < -0.3 is 14.6 Å². The van der Waals surface area contributed by atoms with E-state index in [1.165, 1.54) is 18.2 Å². The van der Waals surface area contributed by atoms with Crippen molar-refractivity contribution < 1.29 is 27.6 Å². The summed E-state index contributed by atoms with van der Waals surface area (Å²) in [6.07, 6.45) is -4.50. The number of nitrogens with zero attached hydrogens (tertiary/aromatic N) is 1. The summed E-state index contributed by atoms with van der Waals surface area (Å²) >= 11 is 0. The number of aromatic carboxylic acids is 1. The van der Waals surface area contributed by atoms with Crippen molar-refractivity contribution in [3.05, 3.63) is 41.3 Å². The number of nitrogens with one attached hydrogen (secondary N) is 1. The lowest BCUT2D eigenvalue weighted by Gasteiger charge is -2.07. The first-order chi connectivity index (χ1) is 10.3. The maximum atomic E-state index is 13.0. The molecule has 0 spiro atoms. The molecular formula is C14H9F3N2O3. The van der Waals surface area contributed by atoms with Crippen molar-refractivity contribution in [2.75, 3.05) is 0 Å². The van der Waals surface area contributed by atoms with Crippen molar-refractivity contribution in [2.24, 2.45) is 0 Å². The molecule has 0 fully saturated rings. The van der Waals surface area contributed by atoms with Crippen LogP contribution in [-0.2, 0) is 6.18 Å². The molecule has 3 rings (SSSR count). The van der Waals surface area contributed by atoms with E-state index in [1.54, 1.807) is 6.92 Å². The molecule has 2 heterocycles. The molecular weight excluding hydrogens is 301 g/mol. The van der Waals surface area contributed by atoms with Crippen LogP contribution in [0, 0.1) is 6.92 Å². The van der Waals surface area contributed by atoms with Gasteiger partial charge in [-0.15, -0.1) is 0 Å². The van der Waals surface area contributed by atoms with Gasteiger partial charge in [-0.3, -0.25) is 0 Å². The van der Waals surface area contributed by atoms with E-state index in [9.17, 15) is 18.0 Å². The number of fused-ring (bicyclic) bond motifs is 1. The van der Waals surface area contributed by atoms with Gasteiger partial charge in [0.15, 0.2) is 0 Å². The van der Waals surface area contributed by atoms with Gasteiger partial charge in [-0.1, -0.05) is 17.3 Å². The maximum Gasteiger partial charge on any atom is 0.418 e. The lowest BCUT2D eigenvalue weighted by Crippen LogP contribution is -2.05. The minimum absolute atomic E-state index is 0.0672. The fourth-order valence-corrected chi connectivity index (χ4v) is 2.41. The molecule has 2 N–H and O–H groups in total. The van der Waals surface area contributed by atoms with Gasteiger partial charge in [0.25, 0.3) is 0 Å². The van der Waals surface area contributed by atoms with Gasteiger partial charge in [-0.05, 0) is 13.0 Å². The van der Waals surface area contributed by atoms with Crippen molar-refractivity contribution in [3.63, 3.8) is 0 Å². The van der Waals surface area contributed by atoms with Crippen molar-refractivity contribution in [1.29, 1.82) is 0 Å². The number of rotatable bonds is 2. The Bertz CT molecular complexity index is 877. The zero-order valence-electron chi connectivity index (χ0n) is 11.2. The van der Waals surface area contributed by atoms with E-state index in [-0.39, 0.29) is 17.0 Å². The number of aryl methyl sites for hydroxylation is 1. The van der Waals surface area contributed by atoms with Crippen molar-refractivity contribution >= 4 is 16.9 Å². The molecule has 0 radical (unpaired) electrons. The van der Waals surface area contributed by atoms with E-state index in [1.807, 2.05) is 0 Å². The highest BCUT2D eigenvalue weighted by molar-refractivity contribution is 5.99. The molecule has 8 heteroatoms. The largest absolute Gasteiger partial charge is 0.475 e. The monoisotopic (exact) mass is 310 g/mol. The highest BCUT2D eigenvalue weighted by Gasteiger charge is 2.34. The second-order valence-electron chi connectivity index (χ2n) is 4.73. The number of para-hydroxylation sites is 1. The molecule has 0 atom stereocenters. The first-order valence-corrected chi connectivity index (χ1v) is 6.18. The van der Waals surface area contributed by atoms with Crippen LogP contribution < -0.4 is 0 Å². The Labute approximate surface area is 121 Å². The topological polar surface area (TPSA) is 79.1 Å². The predicted molar refractivity (Wildman–Crippen MR) is 70.5 cm³/mol. The van der Waals surface area contributed by atoms with Gasteiger partial charge in [0, 0.05) is 22.7 Å². The molecule has 1 aromatic carbocycles. The van der Waals surface area contributed by atoms with Crippen molar-refractivity contribution in [3.8, 4) is 11.3 Å². The van der Waals surface area contributed by atoms with E-state index in [0.29, 0.717) is 16.6 Å². The minimum atomic E-state index is -4.50. The van der Waals surface area contributed by atoms with E-state index in [2.05, 4.69) is 14.7 Å². The number of aromatic nitrogens is 2. The van der Waals surface area contributed by atoms with Crippen molar-refractivity contribution in [2.45, 2.75) is 13.1 Å². The predicted octanol–water partition coefficient (Wildman–Crippen LogP) is 3.85. The SMILES string of the molecule is Cc1[nH]c2c(C(F)(F)F)cccc2c1-c1cc(C(=O)O)on1. The molecule has 0 saturated carbocycles. The van der Waals surface area contributed by atoms with E-state index in [4.69, 9.17) is 5.11 Å². The molecule has 5 nitrogen and oxygen atoms in total. The number of hydrogen-bond donors (Lipinski definition) is 2. The van der Waals surface area contributed by atoms with Crippen LogP contribution in [0.5, 0.6) is 0 Å². The second-order valence-corrected chi connectivity index (χ2v) is 4.73. The molecule has 0 aliphatic heterocycles. The third kappa shape index (κ3) is 2.12. The lowest BCUT2D eigenvalue weighted by molar-refractivity contribution is -0.136. The van der Waals surface area contributed by atoms with Crippen LogP contribution in [0.15, 0.2) is 28.8 Å². The average molecular weight is 310 g/mol. The maximum absolute atomic E-state index is 13.0. The van der Waals surface area contributed by atoms with Crippen LogP contribution in [0.3, 0.4) is 0 Å². The number of alkyl halides is 3. The van der Waals surface area contributed by atoms with Crippen LogP contribution >= 0.6 is 0 Å². The quantitative estimate of drug-likeness (QED) is 0.753. The number of carboxylic acid groups (broad SMARTS) is 1. The molecule has 3 aromatic rings. The van der Waals surface area contributed by atoms with Gasteiger partial charge in [0.05, 0.1) is 11.1 Å². The molecule has 0 aliphatic carbocycles. The average Bonchev–Trinajstić information content (AvgIpc) is 2.99. The summed E-state index contributed by atoms with van der Waals surface area (Å²) in [5.74, 6) is -1.68. The third-order valence-corrected chi connectivity index (χ3v) is 3.30. The Morgan fingerprint density at radius 1 is 1.36 bits per heavy atom. The molecule has 2 aromatic heterocycles. The number of H-pyrrole nitrogens is 1. The van der Waals surface area contributed by atoms with Crippen molar-refractivity contribution in [1.82, 2.24) is 10.1 Å². The Kier molecular flexibility index (Phi) is 2.98. The van der Waals surface area contributed by atoms with Gasteiger partial charge in [-0.25, -0.2) is 4.79 Å². The fraction of sp³-hybridized carbons (Fsp3) is 0.143. The number of carboxylic acids is 1. The van der Waals surface area contributed by atoms with E-state index in [0.717, 1.165) is 6.07 Å². The normalized spacial score (nSPS) is 12.0. The number of carbonyl (C=O) groups is 1. The zero-order valence-corrected chi connectivity index (χ0v) is 11.2. The number of aromatic amines is 1. The Balaban J connectivity index is 2.26. The summed E-state index contributed by atoms with van der Waals surface area (Å²) < 4.78 is 43.8. The Hall–Kier alpha value is -2.77. The smallest absolute Gasteiger partial charge is 0.418 e. The van der Waals surface area contributed by atoms with Gasteiger partial charge in [0.2, 0.25) is 5.76 Å². The number of halogens is 3. The van der Waals surface area contributed by atoms with Crippen LogP contribution in [0.2, 0.25) is 0 Å². The van der Waals surface area contributed by atoms with Crippen LogP contribution in [0.1, 0.15) is 21.8 Å². The first-order valence-electron chi connectivity index (χ1n) is 6.18. The second kappa shape index (κ2) is 4.62. The molecule has 0 unspecified atom stereocenters. The van der Waals surface area contributed by atoms with Crippen LogP contribution in [0.4, 0.5) is 13.2 Å².